The van der Waals surface area contributed by atoms with E-state index in [0.717, 1.165) is 17.2 Å². The van der Waals surface area contributed by atoms with Crippen LogP contribution >= 0.6 is 0 Å². The van der Waals surface area contributed by atoms with Gasteiger partial charge in [0.2, 0.25) is 0 Å². The molecular formula is C14H12N2O4. The number of benzene rings is 2. The largest absolute Gasteiger partial charge is 0.279 e. The quantitative estimate of drug-likeness (QED) is 0.630. The molecule has 0 fully saturated rings. The zero-order chi connectivity index (χ0) is 14.7. The zero-order valence-electron chi connectivity index (χ0n) is 10.8. The number of nitro groups is 2. The Morgan fingerprint density at radius 2 is 1.65 bits per heavy atom. The van der Waals surface area contributed by atoms with Gasteiger partial charge in [-0.25, -0.2) is 0 Å². The Morgan fingerprint density at radius 1 is 0.950 bits per heavy atom. The van der Waals surface area contributed by atoms with E-state index in [1.807, 2.05) is 31.2 Å². The van der Waals surface area contributed by atoms with Crippen molar-refractivity contribution in [1.29, 1.82) is 0 Å². The molecule has 0 saturated carbocycles. The second-order valence-corrected chi connectivity index (χ2v) is 4.43. The van der Waals surface area contributed by atoms with Crippen LogP contribution in [0.1, 0.15) is 16.7 Å². The fraction of sp³-hybridized carbons (Fsp3) is 0.143. The first-order valence-corrected chi connectivity index (χ1v) is 5.95. The summed E-state index contributed by atoms with van der Waals surface area (Å²) in [6, 6.07) is 11.3. The summed E-state index contributed by atoms with van der Waals surface area (Å²) in [7, 11) is 0. The minimum atomic E-state index is -0.634. The van der Waals surface area contributed by atoms with Crippen molar-refractivity contribution in [3.05, 3.63) is 79.4 Å². The number of aryl methyl sites for hydroxylation is 1. The number of rotatable bonds is 4. The average molecular weight is 272 g/mol. The average Bonchev–Trinajstić information content (AvgIpc) is 2.41. The van der Waals surface area contributed by atoms with Crippen molar-refractivity contribution in [3.8, 4) is 0 Å². The van der Waals surface area contributed by atoms with Gasteiger partial charge in [0.15, 0.2) is 0 Å². The van der Waals surface area contributed by atoms with Gasteiger partial charge in [-0.15, -0.1) is 0 Å². The van der Waals surface area contributed by atoms with Crippen molar-refractivity contribution in [2.75, 3.05) is 0 Å². The summed E-state index contributed by atoms with van der Waals surface area (Å²) >= 11 is 0. The molecule has 20 heavy (non-hydrogen) atoms. The Labute approximate surface area is 115 Å². The van der Waals surface area contributed by atoms with E-state index in [1.54, 1.807) is 0 Å². The molecule has 6 nitrogen and oxygen atoms in total. The second kappa shape index (κ2) is 5.48. The highest BCUT2D eigenvalue weighted by molar-refractivity contribution is 5.51. The summed E-state index contributed by atoms with van der Waals surface area (Å²) in [6.07, 6.45) is 0.376. The molecule has 0 atom stereocenters. The Hall–Kier alpha value is -2.76. The second-order valence-electron chi connectivity index (χ2n) is 4.43. The lowest BCUT2D eigenvalue weighted by Gasteiger charge is -2.06. The maximum absolute atomic E-state index is 11.1. The third-order valence-corrected chi connectivity index (χ3v) is 3.12. The van der Waals surface area contributed by atoms with Gasteiger partial charge in [-0.3, -0.25) is 20.2 Å². The first kappa shape index (κ1) is 13.7. The number of non-ortho nitro benzene ring substituents is 1. The normalized spacial score (nSPS) is 10.2. The topological polar surface area (TPSA) is 86.3 Å². The molecule has 0 amide bonds. The molecule has 0 unspecified atom stereocenters. The van der Waals surface area contributed by atoms with Crippen LogP contribution in [0, 0.1) is 27.2 Å². The van der Waals surface area contributed by atoms with Crippen LogP contribution in [-0.4, -0.2) is 9.85 Å². The molecule has 102 valence electrons. The molecule has 0 aliphatic heterocycles. The van der Waals surface area contributed by atoms with Crippen molar-refractivity contribution < 1.29 is 9.85 Å². The van der Waals surface area contributed by atoms with Crippen molar-refractivity contribution in [3.63, 3.8) is 0 Å². The van der Waals surface area contributed by atoms with Crippen LogP contribution in [-0.2, 0) is 6.42 Å². The van der Waals surface area contributed by atoms with E-state index in [4.69, 9.17) is 0 Å². The summed E-state index contributed by atoms with van der Waals surface area (Å²) in [4.78, 5) is 20.5. The van der Waals surface area contributed by atoms with Crippen LogP contribution in [0.25, 0.3) is 0 Å². The van der Waals surface area contributed by atoms with Crippen LogP contribution < -0.4 is 0 Å². The van der Waals surface area contributed by atoms with E-state index in [-0.39, 0.29) is 11.4 Å². The highest BCUT2D eigenvalue weighted by atomic mass is 16.6. The van der Waals surface area contributed by atoms with E-state index < -0.39 is 9.85 Å². The fourth-order valence-electron chi connectivity index (χ4n) is 2.00. The molecule has 0 aliphatic rings. The molecule has 0 heterocycles. The third-order valence-electron chi connectivity index (χ3n) is 3.12. The number of hydrogen-bond donors (Lipinski definition) is 0. The third kappa shape index (κ3) is 2.80. The van der Waals surface area contributed by atoms with Gasteiger partial charge in [0, 0.05) is 18.1 Å². The molecule has 0 N–H and O–H groups in total. The SMILES string of the molecule is Cc1ccccc1Cc1ccc([N+](=O)[O-])cc1[N+](=O)[O-]. The number of nitrogens with zero attached hydrogens (tertiary/aromatic N) is 2. The molecule has 0 bridgehead atoms. The van der Waals surface area contributed by atoms with Crippen molar-refractivity contribution >= 4 is 11.4 Å². The standard InChI is InChI=1S/C14H12N2O4/c1-10-4-2-3-5-11(10)8-12-6-7-13(15(17)18)9-14(12)16(19)20/h2-7,9H,8H2,1H3. The molecule has 6 heteroatoms. The highest BCUT2D eigenvalue weighted by Crippen LogP contribution is 2.27. The van der Waals surface area contributed by atoms with Gasteiger partial charge < -0.3 is 0 Å². The van der Waals surface area contributed by atoms with Gasteiger partial charge in [-0.1, -0.05) is 24.3 Å². The Bertz CT molecular complexity index is 683. The summed E-state index contributed by atoms with van der Waals surface area (Å²) < 4.78 is 0. The first-order valence-electron chi connectivity index (χ1n) is 5.95. The smallest absolute Gasteiger partial charge is 0.258 e. The molecular weight excluding hydrogens is 260 g/mol. The predicted octanol–water partition coefficient (Wildman–Crippen LogP) is 3.40. The van der Waals surface area contributed by atoms with Crippen LogP contribution in [0.3, 0.4) is 0 Å². The van der Waals surface area contributed by atoms with Gasteiger partial charge in [0.25, 0.3) is 11.4 Å². The molecule has 0 radical (unpaired) electrons. The first-order chi connectivity index (χ1) is 9.49. The molecule has 0 spiro atoms. The van der Waals surface area contributed by atoms with Crippen LogP contribution in [0.4, 0.5) is 11.4 Å². The van der Waals surface area contributed by atoms with Crippen molar-refractivity contribution in [2.45, 2.75) is 13.3 Å². The summed E-state index contributed by atoms with van der Waals surface area (Å²) in [6.45, 7) is 1.92. The van der Waals surface area contributed by atoms with E-state index in [9.17, 15) is 20.2 Å². The van der Waals surface area contributed by atoms with Gasteiger partial charge in [-0.05, 0) is 24.1 Å². The van der Waals surface area contributed by atoms with Gasteiger partial charge in [0.1, 0.15) is 0 Å². The van der Waals surface area contributed by atoms with Gasteiger partial charge >= 0.3 is 0 Å². The van der Waals surface area contributed by atoms with Crippen LogP contribution in [0.5, 0.6) is 0 Å². The maximum Gasteiger partial charge on any atom is 0.279 e. The van der Waals surface area contributed by atoms with Crippen LogP contribution in [0.15, 0.2) is 42.5 Å². The lowest BCUT2D eigenvalue weighted by Crippen LogP contribution is -1.99. The van der Waals surface area contributed by atoms with E-state index in [2.05, 4.69) is 0 Å². The monoisotopic (exact) mass is 272 g/mol. The van der Waals surface area contributed by atoms with Crippen molar-refractivity contribution in [1.82, 2.24) is 0 Å². The molecule has 2 aromatic rings. The molecule has 0 saturated heterocycles. The van der Waals surface area contributed by atoms with Gasteiger partial charge in [0.05, 0.1) is 15.9 Å². The maximum atomic E-state index is 11.1. The zero-order valence-corrected chi connectivity index (χ0v) is 10.8. The molecule has 0 aromatic heterocycles. The fourth-order valence-corrected chi connectivity index (χ4v) is 2.00. The summed E-state index contributed by atoms with van der Waals surface area (Å²) in [5.41, 5.74) is 1.96. The molecule has 0 aliphatic carbocycles. The number of hydrogen-bond acceptors (Lipinski definition) is 4. The Morgan fingerprint density at radius 3 is 2.25 bits per heavy atom. The van der Waals surface area contributed by atoms with E-state index in [1.165, 1.54) is 12.1 Å². The van der Waals surface area contributed by atoms with E-state index >= 15 is 0 Å². The molecule has 2 rings (SSSR count). The van der Waals surface area contributed by atoms with Crippen LogP contribution in [0.2, 0.25) is 0 Å². The van der Waals surface area contributed by atoms with E-state index in [0.29, 0.717) is 12.0 Å². The predicted molar refractivity (Wildman–Crippen MR) is 73.7 cm³/mol. The number of nitro benzene ring substituents is 2. The lowest BCUT2D eigenvalue weighted by atomic mass is 9.99. The van der Waals surface area contributed by atoms with Crippen molar-refractivity contribution in [2.24, 2.45) is 0 Å². The minimum absolute atomic E-state index is 0.220. The molecule has 2 aromatic carbocycles. The van der Waals surface area contributed by atoms with Gasteiger partial charge in [-0.2, -0.15) is 0 Å². The highest BCUT2D eigenvalue weighted by Gasteiger charge is 2.19. The Balaban J connectivity index is 2.44. The summed E-state index contributed by atoms with van der Waals surface area (Å²) in [5.74, 6) is 0. The lowest BCUT2D eigenvalue weighted by molar-refractivity contribution is -0.394. The summed E-state index contributed by atoms with van der Waals surface area (Å²) in [5, 5.41) is 21.7. The minimum Gasteiger partial charge on any atom is -0.258 e. The Kier molecular flexibility index (Phi) is 3.74.